The molecule has 0 bridgehead atoms. The van der Waals surface area contributed by atoms with Gasteiger partial charge in [0.05, 0.1) is 6.10 Å². The molecule has 2 unspecified atom stereocenters. The highest BCUT2D eigenvalue weighted by Gasteiger charge is 2.13. The van der Waals surface area contributed by atoms with E-state index in [-0.39, 0.29) is 6.04 Å². The van der Waals surface area contributed by atoms with Crippen molar-refractivity contribution in [3.63, 3.8) is 0 Å². The van der Waals surface area contributed by atoms with Crippen LogP contribution in [0.1, 0.15) is 30.0 Å². The Morgan fingerprint density at radius 2 is 1.73 bits per heavy atom. The predicted molar refractivity (Wildman–Crippen MR) is 63.9 cm³/mol. The van der Waals surface area contributed by atoms with Crippen molar-refractivity contribution in [3.05, 3.63) is 34.9 Å². The number of aliphatic hydroxyl groups excluding tert-OH is 1. The highest BCUT2D eigenvalue weighted by atomic mass is 16.3. The lowest BCUT2D eigenvalue weighted by molar-refractivity contribution is 0.140. The van der Waals surface area contributed by atoms with Gasteiger partial charge in [-0.2, -0.15) is 0 Å². The molecule has 15 heavy (non-hydrogen) atoms. The molecule has 0 aromatic heterocycles. The monoisotopic (exact) mass is 207 g/mol. The Bertz CT molecular complexity index is 302. The molecule has 0 aliphatic rings. The van der Waals surface area contributed by atoms with Crippen LogP contribution in [0.5, 0.6) is 0 Å². The van der Waals surface area contributed by atoms with Crippen molar-refractivity contribution in [3.8, 4) is 0 Å². The van der Waals surface area contributed by atoms with E-state index >= 15 is 0 Å². The van der Waals surface area contributed by atoms with Gasteiger partial charge in [-0.15, -0.1) is 0 Å². The van der Waals surface area contributed by atoms with Crippen molar-refractivity contribution in [1.29, 1.82) is 0 Å². The Morgan fingerprint density at radius 3 is 2.20 bits per heavy atom. The van der Waals surface area contributed by atoms with Gasteiger partial charge < -0.3 is 10.8 Å². The van der Waals surface area contributed by atoms with Crippen molar-refractivity contribution < 1.29 is 5.11 Å². The van der Waals surface area contributed by atoms with Gasteiger partial charge in [0.15, 0.2) is 0 Å². The van der Waals surface area contributed by atoms with Gasteiger partial charge in [-0.1, -0.05) is 36.2 Å². The molecule has 0 saturated heterocycles. The zero-order chi connectivity index (χ0) is 11.4. The lowest BCUT2D eigenvalue weighted by atomic mass is 9.98. The summed E-state index contributed by atoms with van der Waals surface area (Å²) in [5.74, 6) is 0. The second-order valence-electron chi connectivity index (χ2n) is 4.34. The van der Waals surface area contributed by atoms with Crippen LogP contribution in [0.15, 0.2) is 18.2 Å². The fraction of sp³-hybridized carbons (Fsp3) is 0.538. The second kappa shape index (κ2) is 5.29. The number of hydrogen-bond donors (Lipinski definition) is 2. The van der Waals surface area contributed by atoms with Gasteiger partial charge in [-0.05, 0) is 32.3 Å². The van der Waals surface area contributed by atoms with Crippen molar-refractivity contribution in [2.45, 2.75) is 45.8 Å². The standard InChI is InChI=1S/C13H21NO/c1-4-13(15)12(14)8-11-6-9(2)5-10(3)7-11/h5-7,12-13,15H,4,8,14H2,1-3H3. The SMILES string of the molecule is CCC(O)C(N)Cc1cc(C)cc(C)c1. The molecule has 1 rings (SSSR count). The summed E-state index contributed by atoms with van der Waals surface area (Å²) in [6.07, 6.45) is 1.06. The van der Waals surface area contributed by atoms with Crippen molar-refractivity contribution in [1.82, 2.24) is 0 Å². The normalized spacial score (nSPS) is 15.0. The molecular weight excluding hydrogens is 186 g/mol. The van der Waals surface area contributed by atoms with E-state index in [0.29, 0.717) is 6.42 Å². The maximum absolute atomic E-state index is 9.60. The number of hydrogen-bond acceptors (Lipinski definition) is 2. The molecule has 84 valence electrons. The highest BCUT2D eigenvalue weighted by molar-refractivity contribution is 5.29. The predicted octanol–water partition coefficient (Wildman–Crippen LogP) is 1.94. The Labute approximate surface area is 92.1 Å². The third-order valence-electron chi connectivity index (χ3n) is 2.67. The Kier molecular flexibility index (Phi) is 4.30. The molecule has 2 atom stereocenters. The molecule has 1 aromatic rings. The molecule has 0 fully saturated rings. The molecule has 0 heterocycles. The third-order valence-corrected chi connectivity index (χ3v) is 2.67. The summed E-state index contributed by atoms with van der Waals surface area (Å²) in [7, 11) is 0. The van der Waals surface area contributed by atoms with Gasteiger partial charge in [0.1, 0.15) is 0 Å². The number of rotatable bonds is 4. The average molecular weight is 207 g/mol. The first-order chi connectivity index (χ1) is 7.02. The smallest absolute Gasteiger partial charge is 0.0691 e. The van der Waals surface area contributed by atoms with Crippen LogP contribution in [0.2, 0.25) is 0 Å². The quantitative estimate of drug-likeness (QED) is 0.792. The van der Waals surface area contributed by atoms with E-state index in [2.05, 4.69) is 32.0 Å². The molecule has 0 aliphatic carbocycles. The van der Waals surface area contributed by atoms with Gasteiger partial charge in [0.25, 0.3) is 0 Å². The zero-order valence-corrected chi connectivity index (χ0v) is 9.83. The molecular formula is C13H21NO. The molecule has 0 saturated carbocycles. The Hall–Kier alpha value is -0.860. The van der Waals surface area contributed by atoms with Crippen molar-refractivity contribution >= 4 is 0 Å². The molecule has 0 amide bonds. The van der Waals surface area contributed by atoms with Crippen LogP contribution in [-0.2, 0) is 6.42 Å². The summed E-state index contributed by atoms with van der Waals surface area (Å²) in [6.45, 7) is 6.11. The fourth-order valence-corrected chi connectivity index (χ4v) is 1.90. The maximum Gasteiger partial charge on any atom is 0.0691 e. The first-order valence-corrected chi connectivity index (χ1v) is 5.53. The van der Waals surface area contributed by atoms with E-state index in [1.807, 2.05) is 6.92 Å². The zero-order valence-electron chi connectivity index (χ0n) is 9.83. The van der Waals surface area contributed by atoms with Gasteiger partial charge in [-0.3, -0.25) is 0 Å². The van der Waals surface area contributed by atoms with Gasteiger partial charge in [0, 0.05) is 6.04 Å². The Balaban J connectivity index is 2.72. The highest BCUT2D eigenvalue weighted by Crippen LogP contribution is 2.12. The lowest BCUT2D eigenvalue weighted by Gasteiger charge is -2.17. The van der Waals surface area contributed by atoms with Crippen LogP contribution in [-0.4, -0.2) is 17.3 Å². The van der Waals surface area contributed by atoms with Gasteiger partial charge >= 0.3 is 0 Å². The van der Waals surface area contributed by atoms with E-state index in [4.69, 9.17) is 5.73 Å². The maximum atomic E-state index is 9.60. The average Bonchev–Trinajstić information content (AvgIpc) is 2.14. The largest absolute Gasteiger partial charge is 0.392 e. The number of benzene rings is 1. The van der Waals surface area contributed by atoms with Crippen LogP contribution in [0, 0.1) is 13.8 Å². The van der Waals surface area contributed by atoms with Crippen LogP contribution in [0.3, 0.4) is 0 Å². The molecule has 0 aliphatic heterocycles. The molecule has 1 aromatic carbocycles. The summed E-state index contributed by atoms with van der Waals surface area (Å²) in [5.41, 5.74) is 9.63. The van der Waals surface area contributed by atoms with Crippen LogP contribution in [0.4, 0.5) is 0 Å². The summed E-state index contributed by atoms with van der Waals surface area (Å²) >= 11 is 0. The van der Waals surface area contributed by atoms with E-state index in [1.165, 1.54) is 16.7 Å². The first kappa shape index (κ1) is 12.2. The molecule has 3 N–H and O–H groups in total. The third kappa shape index (κ3) is 3.65. The number of aryl methyl sites for hydroxylation is 2. The van der Waals surface area contributed by atoms with Crippen LogP contribution < -0.4 is 5.73 Å². The number of aliphatic hydroxyl groups is 1. The molecule has 0 radical (unpaired) electrons. The minimum atomic E-state index is -0.397. The Morgan fingerprint density at radius 1 is 1.20 bits per heavy atom. The van der Waals surface area contributed by atoms with E-state index in [0.717, 1.165) is 6.42 Å². The summed E-state index contributed by atoms with van der Waals surface area (Å²) in [4.78, 5) is 0. The first-order valence-electron chi connectivity index (χ1n) is 5.53. The molecule has 2 heteroatoms. The van der Waals surface area contributed by atoms with Gasteiger partial charge in [0.2, 0.25) is 0 Å². The summed E-state index contributed by atoms with van der Waals surface area (Å²) < 4.78 is 0. The number of nitrogens with two attached hydrogens (primary N) is 1. The second-order valence-corrected chi connectivity index (χ2v) is 4.34. The van der Waals surface area contributed by atoms with Crippen molar-refractivity contribution in [2.75, 3.05) is 0 Å². The topological polar surface area (TPSA) is 46.2 Å². The minimum absolute atomic E-state index is 0.156. The van der Waals surface area contributed by atoms with Gasteiger partial charge in [-0.25, -0.2) is 0 Å². The van der Waals surface area contributed by atoms with Crippen molar-refractivity contribution in [2.24, 2.45) is 5.73 Å². The summed E-state index contributed by atoms with van der Waals surface area (Å²) in [6, 6.07) is 6.26. The fourth-order valence-electron chi connectivity index (χ4n) is 1.90. The van der Waals surface area contributed by atoms with E-state index < -0.39 is 6.10 Å². The molecule has 2 nitrogen and oxygen atoms in total. The minimum Gasteiger partial charge on any atom is -0.392 e. The summed E-state index contributed by atoms with van der Waals surface area (Å²) in [5, 5.41) is 9.60. The van der Waals surface area contributed by atoms with E-state index in [9.17, 15) is 5.11 Å². The van der Waals surface area contributed by atoms with Crippen LogP contribution >= 0.6 is 0 Å². The molecule has 0 spiro atoms. The van der Waals surface area contributed by atoms with Crippen LogP contribution in [0.25, 0.3) is 0 Å². The van der Waals surface area contributed by atoms with E-state index in [1.54, 1.807) is 0 Å². The lowest BCUT2D eigenvalue weighted by Crippen LogP contribution is -2.36.